The molecule has 0 atom stereocenters. The lowest BCUT2D eigenvalue weighted by Crippen LogP contribution is -2.23. The third-order valence-corrected chi connectivity index (χ3v) is 1.15. The van der Waals surface area contributed by atoms with Gasteiger partial charge in [0.2, 0.25) is 0 Å². The molecule has 0 saturated heterocycles. The molecule has 0 saturated carbocycles. The van der Waals surface area contributed by atoms with Crippen LogP contribution in [0.4, 0.5) is 4.79 Å². The second-order valence-corrected chi connectivity index (χ2v) is 2.07. The summed E-state index contributed by atoms with van der Waals surface area (Å²) in [6.45, 7) is 1.99. The fourth-order valence-electron chi connectivity index (χ4n) is 0.275. The van der Waals surface area contributed by atoms with Crippen molar-refractivity contribution in [3.8, 4) is 0 Å². The minimum atomic E-state index is -0.509. The van der Waals surface area contributed by atoms with Gasteiger partial charge in [0.15, 0.2) is 0 Å². The first-order valence-corrected chi connectivity index (χ1v) is 3.88. The Hall–Kier alpha value is -0.710. The van der Waals surface area contributed by atoms with Gasteiger partial charge in [0.25, 0.3) is 0 Å². The van der Waals surface area contributed by atoms with Gasteiger partial charge < -0.3 is 4.84 Å². The zero-order chi connectivity index (χ0) is 7.98. The van der Waals surface area contributed by atoms with Gasteiger partial charge >= 0.3 is 11.7 Å². The molecule has 10 heavy (non-hydrogen) atoms. The highest BCUT2D eigenvalue weighted by atomic mass is 32.2. The van der Waals surface area contributed by atoms with E-state index >= 15 is 0 Å². The Labute approximate surface area is 63.5 Å². The van der Waals surface area contributed by atoms with Crippen molar-refractivity contribution in [1.29, 1.82) is 0 Å². The zero-order valence-corrected chi connectivity index (χ0v) is 6.60. The average molecular weight is 162 g/mol. The lowest BCUT2D eigenvalue weighted by Gasteiger charge is -2.10. The van der Waals surface area contributed by atoms with Crippen LogP contribution in [-0.2, 0) is 9.63 Å². The number of hydrogen-bond acceptors (Lipinski definition) is 4. The van der Waals surface area contributed by atoms with Crippen molar-refractivity contribution in [3.05, 3.63) is 0 Å². The molecule has 0 heterocycles. The number of carbonyl (C=O) groups excluding carboxylic acids is 2. The smallest absolute Gasteiger partial charge is 0.327 e. The number of hydroxylamine groups is 2. The predicted octanol–water partition coefficient (Wildman–Crippen LogP) is 0.790. The molecule has 0 aliphatic carbocycles. The van der Waals surface area contributed by atoms with Gasteiger partial charge in [-0.25, -0.2) is 4.79 Å². The van der Waals surface area contributed by atoms with Crippen LogP contribution < -0.4 is 0 Å². The first kappa shape index (κ1) is 9.29. The highest BCUT2D eigenvalue weighted by Crippen LogP contribution is 2.00. The summed E-state index contributed by atoms with van der Waals surface area (Å²) in [6.07, 6.45) is 3.01. The third kappa shape index (κ3) is 3.34. The number of amides is 1. The Morgan fingerprint density at radius 3 is 2.70 bits per heavy atom. The van der Waals surface area contributed by atoms with Gasteiger partial charge in [0.1, 0.15) is 0 Å². The van der Waals surface area contributed by atoms with E-state index in [1.807, 2.05) is 0 Å². The number of carbonyl (C=O) groups is 1. The van der Waals surface area contributed by atoms with Crippen molar-refractivity contribution >= 4 is 23.5 Å². The summed E-state index contributed by atoms with van der Waals surface area (Å²) >= 11 is 0.902. The maximum absolute atomic E-state index is 10.5. The summed E-state index contributed by atoms with van der Waals surface area (Å²) in [7, 11) is 0. The molecule has 0 aliphatic heterocycles. The molecule has 0 fully saturated rings. The summed E-state index contributed by atoms with van der Waals surface area (Å²) in [6, 6.07) is 0. The Kier molecular flexibility index (Phi) is 4.74. The van der Waals surface area contributed by atoms with Gasteiger partial charge in [0.05, 0.1) is 6.54 Å². The summed E-state index contributed by atoms with van der Waals surface area (Å²) in [4.78, 5) is 24.8. The average Bonchev–Trinajstić information content (AvgIpc) is 1.99. The van der Waals surface area contributed by atoms with Crippen LogP contribution in [0.15, 0.2) is 0 Å². The van der Waals surface area contributed by atoms with Gasteiger partial charge in [-0.2, -0.15) is 5.06 Å². The highest BCUT2D eigenvalue weighted by Gasteiger charge is 2.05. The molecule has 0 rings (SSSR count). The SMILES string of the molecule is CCN([C]=O)OC(=O)SC. The molecule has 0 N–H and O–H groups in total. The predicted molar refractivity (Wildman–Crippen MR) is 38.1 cm³/mol. The molecule has 0 aromatic heterocycles. The minimum absolute atomic E-state index is 0.315. The van der Waals surface area contributed by atoms with Crippen molar-refractivity contribution in [1.82, 2.24) is 5.06 Å². The number of rotatable bonds is 3. The molecule has 0 unspecified atom stereocenters. The lowest BCUT2D eigenvalue weighted by molar-refractivity contribution is -0.0176. The van der Waals surface area contributed by atoms with Crippen LogP contribution in [-0.4, -0.2) is 29.6 Å². The fourth-order valence-corrected chi connectivity index (χ4v) is 0.439. The maximum Gasteiger partial charge on any atom is 0.391 e. The maximum atomic E-state index is 10.5. The van der Waals surface area contributed by atoms with Gasteiger partial charge in [0, 0.05) is 0 Å². The number of hydrogen-bond donors (Lipinski definition) is 0. The van der Waals surface area contributed by atoms with Gasteiger partial charge in [-0.05, 0) is 24.9 Å². The van der Waals surface area contributed by atoms with Crippen LogP contribution >= 0.6 is 11.8 Å². The van der Waals surface area contributed by atoms with Crippen LogP contribution in [0.1, 0.15) is 6.92 Å². The monoisotopic (exact) mass is 162 g/mol. The van der Waals surface area contributed by atoms with Gasteiger partial charge in [-0.1, -0.05) is 0 Å². The first-order valence-electron chi connectivity index (χ1n) is 2.65. The Bertz CT molecular complexity index is 128. The van der Waals surface area contributed by atoms with Crippen LogP contribution in [0.3, 0.4) is 0 Å². The van der Waals surface area contributed by atoms with E-state index in [1.165, 1.54) is 6.41 Å². The normalized spacial score (nSPS) is 8.60. The topological polar surface area (TPSA) is 46.6 Å². The first-order chi connectivity index (χ1) is 4.74. The second kappa shape index (κ2) is 5.10. The van der Waals surface area contributed by atoms with E-state index in [0.29, 0.717) is 6.54 Å². The third-order valence-electron chi connectivity index (χ3n) is 0.740. The molecule has 57 valence electrons. The molecule has 0 aliphatic rings. The lowest BCUT2D eigenvalue weighted by atomic mass is 10.8. The second-order valence-electron chi connectivity index (χ2n) is 1.33. The molecule has 4 nitrogen and oxygen atoms in total. The van der Waals surface area contributed by atoms with Crippen molar-refractivity contribution in [3.63, 3.8) is 0 Å². The minimum Gasteiger partial charge on any atom is -0.327 e. The standard InChI is InChI=1S/C5H8NO3S/c1-3-6(4-7)9-5(8)10-2/h3H2,1-2H3. The molecular formula is C5H8NO3S. The molecule has 1 amide bonds. The van der Waals surface area contributed by atoms with Crippen molar-refractivity contribution in [2.75, 3.05) is 12.8 Å². The molecule has 0 aromatic rings. The van der Waals surface area contributed by atoms with Crippen LogP contribution in [0.25, 0.3) is 0 Å². The summed E-state index contributed by atoms with van der Waals surface area (Å²) in [5.41, 5.74) is 0. The quantitative estimate of drug-likeness (QED) is 0.454. The van der Waals surface area contributed by atoms with Crippen LogP contribution in [0.5, 0.6) is 0 Å². The molecular weight excluding hydrogens is 154 g/mol. The summed E-state index contributed by atoms with van der Waals surface area (Å²) in [5.74, 6) is 0. The Morgan fingerprint density at radius 2 is 2.40 bits per heavy atom. The van der Waals surface area contributed by atoms with E-state index in [0.717, 1.165) is 16.8 Å². The van der Waals surface area contributed by atoms with Crippen molar-refractivity contribution in [2.45, 2.75) is 6.92 Å². The van der Waals surface area contributed by atoms with Crippen LogP contribution in [0.2, 0.25) is 0 Å². The van der Waals surface area contributed by atoms with E-state index in [1.54, 1.807) is 13.2 Å². The number of thioether (sulfide) groups is 1. The number of nitrogens with zero attached hydrogens (tertiary/aromatic N) is 1. The molecule has 1 radical (unpaired) electrons. The summed E-state index contributed by atoms with van der Waals surface area (Å²) in [5, 5.41) is 0.295. The van der Waals surface area contributed by atoms with Gasteiger partial charge in [-0.3, -0.25) is 4.79 Å². The largest absolute Gasteiger partial charge is 0.391 e. The molecule has 0 spiro atoms. The van der Waals surface area contributed by atoms with E-state index in [9.17, 15) is 9.59 Å². The van der Waals surface area contributed by atoms with Crippen molar-refractivity contribution < 1.29 is 14.4 Å². The van der Waals surface area contributed by atoms with E-state index in [-0.39, 0.29) is 0 Å². The molecule has 0 aromatic carbocycles. The molecule has 0 bridgehead atoms. The highest BCUT2D eigenvalue weighted by molar-refractivity contribution is 8.12. The Balaban J connectivity index is 3.62. The zero-order valence-electron chi connectivity index (χ0n) is 5.79. The van der Waals surface area contributed by atoms with Crippen molar-refractivity contribution in [2.24, 2.45) is 0 Å². The Morgan fingerprint density at radius 1 is 1.80 bits per heavy atom. The molecule has 5 heteroatoms. The van der Waals surface area contributed by atoms with E-state index < -0.39 is 5.30 Å². The summed E-state index contributed by atoms with van der Waals surface area (Å²) < 4.78 is 0. The van der Waals surface area contributed by atoms with E-state index in [2.05, 4.69) is 4.84 Å². The van der Waals surface area contributed by atoms with Gasteiger partial charge in [-0.15, -0.1) is 0 Å². The van der Waals surface area contributed by atoms with E-state index in [4.69, 9.17) is 0 Å². The van der Waals surface area contributed by atoms with Crippen LogP contribution in [0, 0.1) is 0 Å². The fraction of sp³-hybridized carbons (Fsp3) is 0.600.